The Morgan fingerprint density at radius 2 is 2.00 bits per heavy atom. The van der Waals surface area contributed by atoms with Gasteiger partial charge >= 0.3 is 0 Å². The van der Waals surface area contributed by atoms with Crippen molar-refractivity contribution in [1.82, 2.24) is 15.1 Å². The molecule has 0 aromatic rings. The normalized spacial score (nSPS) is 20.0. The maximum absolute atomic E-state index is 3.21. The van der Waals surface area contributed by atoms with Gasteiger partial charge in [-0.3, -0.25) is 0 Å². The fourth-order valence-corrected chi connectivity index (χ4v) is 2.37. The Hall–Kier alpha value is -0.120. The topological polar surface area (TPSA) is 18.5 Å². The smallest absolute Gasteiger partial charge is 0.0117 e. The first-order valence-electron chi connectivity index (χ1n) is 6.35. The van der Waals surface area contributed by atoms with Crippen LogP contribution in [0.2, 0.25) is 0 Å². The van der Waals surface area contributed by atoms with E-state index >= 15 is 0 Å². The lowest BCUT2D eigenvalue weighted by Gasteiger charge is -2.36. The van der Waals surface area contributed by atoms with Crippen molar-refractivity contribution in [3.8, 4) is 0 Å². The molecule has 3 nitrogen and oxygen atoms in total. The summed E-state index contributed by atoms with van der Waals surface area (Å²) in [6.45, 7) is 8.42. The Morgan fingerprint density at radius 3 is 2.53 bits per heavy atom. The highest BCUT2D eigenvalue weighted by atomic mass is 15.2. The lowest BCUT2D eigenvalue weighted by atomic mass is 10.0. The van der Waals surface area contributed by atoms with Gasteiger partial charge in [0.15, 0.2) is 0 Å². The number of piperidine rings is 1. The van der Waals surface area contributed by atoms with Crippen LogP contribution in [0.5, 0.6) is 0 Å². The molecular weight excluding hydrogens is 186 g/mol. The highest BCUT2D eigenvalue weighted by Crippen LogP contribution is 2.14. The minimum absolute atomic E-state index is 0.812. The molecule has 15 heavy (non-hydrogen) atoms. The predicted molar refractivity (Wildman–Crippen MR) is 66.3 cm³/mol. The molecule has 1 N–H and O–H groups in total. The number of likely N-dealkylation sites (tertiary alicyclic amines) is 1. The second-order valence-corrected chi connectivity index (χ2v) is 4.66. The van der Waals surface area contributed by atoms with Crippen molar-refractivity contribution in [2.75, 3.05) is 46.8 Å². The summed E-state index contributed by atoms with van der Waals surface area (Å²) in [5.41, 5.74) is 0. The van der Waals surface area contributed by atoms with Crippen LogP contribution in [-0.4, -0.2) is 62.7 Å². The van der Waals surface area contributed by atoms with Gasteiger partial charge < -0.3 is 15.1 Å². The van der Waals surface area contributed by atoms with Crippen LogP contribution in [0.25, 0.3) is 0 Å². The van der Waals surface area contributed by atoms with Crippen LogP contribution in [0.3, 0.4) is 0 Å². The van der Waals surface area contributed by atoms with E-state index in [4.69, 9.17) is 0 Å². The fraction of sp³-hybridized carbons (Fsp3) is 1.00. The van der Waals surface area contributed by atoms with Gasteiger partial charge in [0.1, 0.15) is 0 Å². The van der Waals surface area contributed by atoms with Crippen molar-refractivity contribution in [2.24, 2.45) is 0 Å². The minimum atomic E-state index is 0.812. The SMILES string of the molecule is CCCN1CCC(N(C)CCNC)CC1. The molecule has 1 rings (SSSR count). The third-order valence-electron chi connectivity index (χ3n) is 3.43. The summed E-state index contributed by atoms with van der Waals surface area (Å²) in [6, 6.07) is 0.812. The largest absolute Gasteiger partial charge is 0.318 e. The summed E-state index contributed by atoms with van der Waals surface area (Å²) in [5, 5.41) is 3.21. The second-order valence-electron chi connectivity index (χ2n) is 4.66. The van der Waals surface area contributed by atoms with Gasteiger partial charge in [0.2, 0.25) is 0 Å². The lowest BCUT2D eigenvalue weighted by Crippen LogP contribution is -2.45. The number of hydrogen-bond donors (Lipinski definition) is 1. The summed E-state index contributed by atoms with van der Waals surface area (Å²) in [4.78, 5) is 5.11. The molecule has 0 aliphatic carbocycles. The van der Waals surface area contributed by atoms with Gasteiger partial charge in [-0.15, -0.1) is 0 Å². The van der Waals surface area contributed by atoms with Gasteiger partial charge in [-0.2, -0.15) is 0 Å². The first-order valence-corrected chi connectivity index (χ1v) is 6.35. The van der Waals surface area contributed by atoms with Gasteiger partial charge in [0.05, 0.1) is 0 Å². The molecule has 1 heterocycles. The van der Waals surface area contributed by atoms with Crippen LogP contribution in [-0.2, 0) is 0 Å². The molecular formula is C12H27N3. The monoisotopic (exact) mass is 213 g/mol. The fourth-order valence-electron chi connectivity index (χ4n) is 2.37. The van der Waals surface area contributed by atoms with Crippen molar-refractivity contribution in [3.05, 3.63) is 0 Å². The Bertz CT molecular complexity index is 153. The van der Waals surface area contributed by atoms with Gasteiger partial charge in [-0.05, 0) is 53.0 Å². The van der Waals surface area contributed by atoms with E-state index in [2.05, 4.69) is 29.1 Å². The zero-order chi connectivity index (χ0) is 11.1. The first kappa shape index (κ1) is 12.9. The van der Waals surface area contributed by atoms with Gasteiger partial charge in [0, 0.05) is 19.1 Å². The molecule has 0 aromatic carbocycles. The Balaban J connectivity index is 2.18. The first-order chi connectivity index (χ1) is 7.27. The molecule has 0 aromatic heterocycles. The molecule has 0 atom stereocenters. The average Bonchev–Trinajstić information content (AvgIpc) is 2.27. The zero-order valence-electron chi connectivity index (χ0n) is 10.6. The molecule has 0 bridgehead atoms. The van der Waals surface area contributed by atoms with E-state index in [1.165, 1.54) is 45.4 Å². The van der Waals surface area contributed by atoms with Crippen molar-refractivity contribution >= 4 is 0 Å². The maximum atomic E-state index is 3.21. The quantitative estimate of drug-likeness (QED) is 0.710. The summed E-state index contributed by atoms with van der Waals surface area (Å²) in [5.74, 6) is 0. The van der Waals surface area contributed by atoms with Crippen LogP contribution in [0.15, 0.2) is 0 Å². The highest BCUT2D eigenvalue weighted by Gasteiger charge is 2.21. The molecule has 3 heteroatoms. The summed E-state index contributed by atoms with van der Waals surface area (Å²) < 4.78 is 0. The summed E-state index contributed by atoms with van der Waals surface area (Å²) >= 11 is 0. The second kappa shape index (κ2) is 7.20. The van der Waals surface area contributed by atoms with E-state index in [1.54, 1.807) is 0 Å². The molecule has 0 saturated carbocycles. The zero-order valence-corrected chi connectivity index (χ0v) is 10.6. The standard InChI is InChI=1S/C12H27N3/c1-4-8-15-9-5-12(6-10-15)14(3)11-7-13-2/h12-13H,4-11H2,1-3H3. The number of likely N-dealkylation sites (N-methyl/N-ethyl adjacent to an activating group) is 2. The molecule has 1 saturated heterocycles. The number of rotatable bonds is 6. The average molecular weight is 213 g/mol. The molecule has 0 unspecified atom stereocenters. The Kier molecular flexibility index (Phi) is 6.22. The summed E-state index contributed by atoms with van der Waals surface area (Å²) in [6.07, 6.45) is 3.99. The maximum Gasteiger partial charge on any atom is 0.0117 e. The molecule has 0 radical (unpaired) electrons. The molecule has 0 spiro atoms. The number of nitrogens with zero attached hydrogens (tertiary/aromatic N) is 2. The van der Waals surface area contributed by atoms with Crippen molar-refractivity contribution in [3.63, 3.8) is 0 Å². The molecule has 90 valence electrons. The van der Waals surface area contributed by atoms with Crippen molar-refractivity contribution in [2.45, 2.75) is 32.2 Å². The van der Waals surface area contributed by atoms with Gasteiger partial charge in [-0.25, -0.2) is 0 Å². The van der Waals surface area contributed by atoms with Crippen LogP contribution >= 0.6 is 0 Å². The van der Waals surface area contributed by atoms with E-state index in [1.807, 2.05) is 7.05 Å². The highest BCUT2D eigenvalue weighted by molar-refractivity contribution is 4.78. The van der Waals surface area contributed by atoms with E-state index in [-0.39, 0.29) is 0 Å². The van der Waals surface area contributed by atoms with Gasteiger partial charge in [0.25, 0.3) is 0 Å². The third kappa shape index (κ3) is 4.49. The van der Waals surface area contributed by atoms with Gasteiger partial charge in [-0.1, -0.05) is 6.92 Å². The van der Waals surface area contributed by atoms with Crippen LogP contribution < -0.4 is 5.32 Å². The van der Waals surface area contributed by atoms with E-state index in [9.17, 15) is 0 Å². The molecule has 1 aliphatic heterocycles. The lowest BCUT2D eigenvalue weighted by molar-refractivity contribution is 0.129. The van der Waals surface area contributed by atoms with E-state index in [0.29, 0.717) is 0 Å². The van der Waals surface area contributed by atoms with E-state index < -0.39 is 0 Å². The van der Waals surface area contributed by atoms with Crippen molar-refractivity contribution in [1.29, 1.82) is 0 Å². The minimum Gasteiger partial charge on any atom is -0.318 e. The number of hydrogen-bond acceptors (Lipinski definition) is 3. The molecule has 1 fully saturated rings. The molecule has 0 amide bonds. The van der Waals surface area contributed by atoms with Crippen molar-refractivity contribution < 1.29 is 0 Å². The predicted octanol–water partition coefficient (Wildman–Crippen LogP) is 1.01. The summed E-state index contributed by atoms with van der Waals surface area (Å²) in [7, 11) is 4.29. The Morgan fingerprint density at radius 1 is 1.33 bits per heavy atom. The van der Waals surface area contributed by atoms with E-state index in [0.717, 1.165) is 12.6 Å². The third-order valence-corrected chi connectivity index (χ3v) is 3.43. The number of nitrogens with one attached hydrogen (secondary N) is 1. The van der Waals surface area contributed by atoms with Crippen LogP contribution in [0.1, 0.15) is 26.2 Å². The van der Waals surface area contributed by atoms with Crippen LogP contribution in [0.4, 0.5) is 0 Å². The van der Waals surface area contributed by atoms with Crippen LogP contribution in [0, 0.1) is 0 Å². The Labute approximate surface area is 94.8 Å². The molecule has 1 aliphatic rings.